The lowest BCUT2D eigenvalue weighted by Gasteiger charge is -2.39. The molecule has 0 saturated carbocycles. The molecule has 0 aliphatic rings. The van der Waals surface area contributed by atoms with E-state index in [1.807, 2.05) is 13.8 Å². The average molecular weight is 397 g/mol. The van der Waals surface area contributed by atoms with E-state index in [-0.39, 0.29) is 52.2 Å². The van der Waals surface area contributed by atoms with Gasteiger partial charge in [0.05, 0.1) is 6.42 Å². The van der Waals surface area contributed by atoms with E-state index >= 15 is 0 Å². The number of carbonyl (C=O) groups is 4. The van der Waals surface area contributed by atoms with Gasteiger partial charge in [-0.1, -0.05) is 82.6 Å². The van der Waals surface area contributed by atoms with Gasteiger partial charge in [-0.2, -0.15) is 0 Å². The lowest BCUT2D eigenvalue weighted by atomic mass is 9.64. The zero-order valence-electron chi connectivity index (χ0n) is 20.4. The van der Waals surface area contributed by atoms with Crippen LogP contribution in [0.15, 0.2) is 0 Å². The molecule has 0 saturated heterocycles. The van der Waals surface area contributed by atoms with Crippen molar-refractivity contribution in [3.8, 4) is 0 Å². The number of Topliss-reactive ketones (excluding diaryl/α,β-unsaturated/α-hetero) is 4. The first-order chi connectivity index (χ1) is 12.3. The summed E-state index contributed by atoms with van der Waals surface area (Å²) in [5, 5.41) is 0. The molecule has 4 nitrogen and oxygen atoms in total. The summed E-state index contributed by atoms with van der Waals surface area (Å²) in [6.07, 6.45) is 1.82. The monoisotopic (exact) mass is 396 g/mol. The van der Waals surface area contributed by atoms with E-state index in [2.05, 4.69) is 41.5 Å². The fraction of sp³-hybridized carbons (Fsp3) is 0.833. The lowest BCUT2D eigenvalue weighted by molar-refractivity contribution is -0.143. The normalized spacial score (nSPS) is 13.5. The summed E-state index contributed by atoms with van der Waals surface area (Å²) >= 11 is 0. The molecular weight excluding hydrogens is 352 g/mol. The summed E-state index contributed by atoms with van der Waals surface area (Å²) in [6, 6.07) is 0. The standard InChI is InChI=1S/C13H24O2.C11H20O2/c1-9(14)8-10(15)11(12(2,3)4)13(5,6)7;1-6-7-8(2)9(12)10(13)11(3,4)5/h11H,8H2,1-7H3;8H,6-7H2,1-5H3. The first-order valence-corrected chi connectivity index (χ1v) is 10.4. The van der Waals surface area contributed by atoms with Gasteiger partial charge in [-0.15, -0.1) is 0 Å². The summed E-state index contributed by atoms with van der Waals surface area (Å²) in [6.45, 7) is 23.0. The zero-order chi connectivity index (χ0) is 23.1. The van der Waals surface area contributed by atoms with Crippen LogP contribution in [0.2, 0.25) is 0 Å². The summed E-state index contributed by atoms with van der Waals surface area (Å²) in [4.78, 5) is 46.1. The van der Waals surface area contributed by atoms with E-state index in [0.29, 0.717) is 0 Å². The summed E-state index contributed by atoms with van der Waals surface area (Å²) in [7, 11) is 0. The molecule has 0 aliphatic carbocycles. The molecule has 0 heterocycles. The molecule has 0 N–H and O–H groups in total. The molecule has 1 atom stereocenters. The fourth-order valence-electron chi connectivity index (χ4n) is 3.77. The Balaban J connectivity index is 0. The number of hydrogen-bond acceptors (Lipinski definition) is 4. The van der Waals surface area contributed by atoms with Gasteiger partial charge in [0.1, 0.15) is 11.6 Å². The Morgan fingerprint density at radius 1 is 0.786 bits per heavy atom. The first-order valence-electron chi connectivity index (χ1n) is 10.4. The van der Waals surface area contributed by atoms with Crippen molar-refractivity contribution in [3.05, 3.63) is 0 Å². The quantitative estimate of drug-likeness (QED) is 0.400. The van der Waals surface area contributed by atoms with Crippen molar-refractivity contribution in [1.82, 2.24) is 0 Å². The van der Waals surface area contributed by atoms with Crippen LogP contribution in [0.4, 0.5) is 0 Å². The molecule has 0 radical (unpaired) electrons. The third-order valence-corrected chi connectivity index (χ3v) is 4.55. The van der Waals surface area contributed by atoms with Crippen molar-refractivity contribution >= 4 is 23.1 Å². The molecule has 28 heavy (non-hydrogen) atoms. The number of hydrogen-bond donors (Lipinski definition) is 0. The van der Waals surface area contributed by atoms with E-state index in [1.165, 1.54) is 6.92 Å². The Hall–Kier alpha value is -1.32. The van der Waals surface area contributed by atoms with Crippen LogP contribution in [0, 0.1) is 28.1 Å². The molecule has 0 fully saturated rings. The van der Waals surface area contributed by atoms with Gasteiger partial charge in [0, 0.05) is 17.3 Å². The van der Waals surface area contributed by atoms with Gasteiger partial charge in [0.15, 0.2) is 0 Å². The van der Waals surface area contributed by atoms with Crippen molar-refractivity contribution in [2.45, 2.75) is 102 Å². The zero-order valence-corrected chi connectivity index (χ0v) is 20.4. The van der Waals surface area contributed by atoms with Gasteiger partial charge in [-0.3, -0.25) is 19.2 Å². The predicted molar refractivity (Wildman–Crippen MR) is 116 cm³/mol. The van der Waals surface area contributed by atoms with Gasteiger partial charge < -0.3 is 0 Å². The second-order valence-electron chi connectivity index (χ2n) is 11.1. The smallest absolute Gasteiger partial charge is 0.203 e. The molecule has 4 heteroatoms. The molecule has 0 aromatic rings. The van der Waals surface area contributed by atoms with Crippen molar-refractivity contribution in [2.24, 2.45) is 28.1 Å². The van der Waals surface area contributed by atoms with Crippen LogP contribution in [0.25, 0.3) is 0 Å². The van der Waals surface area contributed by atoms with Crippen LogP contribution in [0.5, 0.6) is 0 Å². The molecule has 0 bridgehead atoms. The minimum atomic E-state index is -0.529. The molecule has 0 spiro atoms. The molecule has 0 rings (SSSR count). The highest BCUT2D eigenvalue weighted by molar-refractivity contribution is 6.39. The maximum atomic E-state index is 12.0. The largest absolute Gasteiger partial charge is 0.300 e. The van der Waals surface area contributed by atoms with Crippen LogP contribution in [-0.2, 0) is 19.2 Å². The number of carbonyl (C=O) groups excluding carboxylic acids is 4. The maximum absolute atomic E-state index is 12.0. The topological polar surface area (TPSA) is 68.3 Å². The highest BCUT2D eigenvalue weighted by Crippen LogP contribution is 2.41. The van der Waals surface area contributed by atoms with E-state index in [9.17, 15) is 19.2 Å². The molecule has 164 valence electrons. The van der Waals surface area contributed by atoms with Gasteiger partial charge in [0.25, 0.3) is 0 Å². The van der Waals surface area contributed by atoms with Crippen molar-refractivity contribution in [1.29, 1.82) is 0 Å². The summed E-state index contributed by atoms with van der Waals surface area (Å²) in [5.41, 5.74) is -0.714. The Labute approximate surface area is 173 Å². The van der Waals surface area contributed by atoms with Gasteiger partial charge >= 0.3 is 0 Å². The van der Waals surface area contributed by atoms with Gasteiger partial charge in [0.2, 0.25) is 11.6 Å². The Morgan fingerprint density at radius 2 is 1.18 bits per heavy atom. The second kappa shape index (κ2) is 11.0. The van der Waals surface area contributed by atoms with E-state index in [4.69, 9.17) is 0 Å². The molecular formula is C24H44O4. The van der Waals surface area contributed by atoms with Crippen LogP contribution < -0.4 is 0 Å². The average Bonchev–Trinajstić information content (AvgIpc) is 2.41. The molecule has 0 aromatic carbocycles. The Kier molecular flexibility index (Phi) is 11.4. The Bertz CT molecular complexity index is 537. The molecule has 0 aromatic heterocycles. The number of rotatable bonds is 7. The van der Waals surface area contributed by atoms with Crippen molar-refractivity contribution in [2.75, 3.05) is 0 Å². The molecule has 1 unspecified atom stereocenters. The lowest BCUT2D eigenvalue weighted by Crippen LogP contribution is -2.39. The predicted octanol–water partition coefficient (Wildman–Crippen LogP) is 5.85. The third-order valence-electron chi connectivity index (χ3n) is 4.55. The minimum Gasteiger partial charge on any atom is -0.300 e. The molecule has 0 aliphatic heterocycles. The summed E-state index contributed by atoms with van der Waals surface area (Å²) in [5.74, 6) is -0.616. The number of ketones is 4. The highest BCUT2D eigenvalue weighted by atomic mass is 16.2. The van der Waals surface area contributed by atoms with Crippen molar-refractivity contribution < 1.29 is 19.2 Å². The van der Waals surface area contributed by atoms with E-state index < -0.39 is 5.41 Å². The van der Waals surface area contributed by atoms with Gasteiger partial charge in [-0.25, -0.2) is 0 Å². The van der Waals surface area contributed by atoms with E-state index in [1.54, 1.807) is 20.8 Å². The SMILES string of the molecule is CC(=O)CC(=O)C(C(C)(C)C)C(C)(C)C.CCCC(C)C(=O)C(=O)C(C)(C)C. The Morgan fingerprint density at radius 3 is 1.43 bits per heavy atom. The first kappa shape index (κ1) is 28.9. The van der Waals surface area contributed by atoms with Crippen molar-refractivity contribution in [3.63, 3.8) is 0 Å². The maximum Gasteiger partial charge on any atom is 0.203 e. The van der Waals surface area contributed by atoms with E-state index in [0.717, 1.165) is 12.8 Å². The summed E-state index contributed by atoms with van der Waals surface area (Å²) < 4.78 is 0. The second-order valence-corrected chi connectivity index (χ2v) is 11.1. The van der Waals surface area contributed by atoms with Gasteiger partial charge in [-0.05, 0) is 24.2 Å². The fourth-order valence-corrected chi connectivity index (χ4v) is 3.77. The van der Waals surface area contributed by atoms with Crippen LogP contribution in [-0.4, -0.2) is 23.1 Å². The van der Waals surface area contributed by atoms with Crippen LogP contribution >= 0.6 is 0 Å². The minimum absolute atomic E-state index is 0.0431. The van der Waals surface area contributed by atoms with Crippen LogP contribution in [0.1, 0.15) is 102 Å². The van der Waals surface area contributed by atoms with Crippen LogP contribution in [0.3, 0.4) is 0 Å². The third kappa shape index (κ3) is 10.9. The highest BCUT2D eigenvalue weighted by Gasteiger charge is 2.40. The molecule has 0 amide bonds.